The first-order valence-corrected chi connectivity index (χ1v) is 31.8. The Hall–Kier alpha value is -1.30. The highest BCUT2D eigenvalue weighted by atomic mass is 16.7. The van der Waals surface area contributed by atoms with Gasteiger partial charge >= 0.3 is 0 Å². The molecule has 2 saturated carbocycles. The first-order valence-electron chi connectivity index (χ1n) is 31.8. The summed E-state index contributed by atoms with van der Waals surface area (Å²) in [7, 11) is 0. The Morgan fingerprint density at radius 2 is 0.816 bits per heavy atom. The van der Waals surface area contributed by atoms with Crippen molar-refractivity contribution in [1.82, 2.24) is 0 Å². The summed E-state index contributed by atoms with van der Waals surface area (Å²) in [5.74, 6) is 0.339. The van der Waals surface area contributed by atoms with Crippen LogP contribution in [-0.2, 0) is 56.8 Å². The molecule has 8 rings (SSSR count). The predicted octanol–water partition coefficient (Wildman–Crippen LogP) is 13.5. The molecule has 8 aliphatic rings. The first-order chi connectivity index (χ1) is 37.5. The number of aliphatic hydroxyl groups is 1. The minimum absolute atomic E-state index is 0.0187. The van der Waals surface area contributed by atoms with Crippen molar-refractivity contribution in [2.24, 2.45) is 23.7 Å². The van der Waals surface area contributed by atoms with Gasteiger partial charge in [0.05, 0.1) is 42.7 Å². The molecule has 0 aromatic heterocycles. The van der Waals surface area contributed by atoms with Gasteiger partial charge in [-0.2, -0.15) is 0 Å². The van der Waals surface area contributed by atoms with Gasteiger partial charge in [-0.25, -0.2) is 0 Å². The van der Waals surface area contributed by atoms with E-state index in [1.807, 2.05) is 0 Å². The van der Waals surface area contributed by atoms with Gasteiger partial charge in [-0.1, -0.05) is 88.8 Å². The minimum Gasteiger partial charge on any atom is -0.393 e. The van der Waals surface area contributed by atoms with E-state index in [9.17, 15) is 5.11 Å². The molecule has 2 aliphatic carbocycles. The van der Waals surface area contributed by atoms with Crippen molar-refractivity contribution in [1.29, 1.82) is 0 Å². The van der Waals surface area contributed by atoms with Crippen molar-refractivity contribution in [2.45, 2.75) is 300 Å². The highest BCUT2D eigenvalue weighted by Crippen LogP contribution is 2.45. The third-order valence-electron chi connectivity index (χ3n) is 17.6. The predicted molar refractivity (Wildman–Crippen MR) is 294 cm³/mol. The monoisotopic (exact) mass is 1070 g/mol. The topological polar surface area (TPSA) is 131 Å². The Bertz CT molecular complexity index is 1590. The Morgan fingerprint density at radius 1 is 0.434 bits per heavy atom. The van der Waals surface area contributed by atoms with Crippen molar-refractivity contribution < 1.29 is 61.9 Å². The number of aliphatic hydroxyl groups excluding tert-OH is 1. The number of unbranched alkanes of at least 4 members (excludes halogenated alkanes) is 4. The van der Waals surface area contributed by atoms with Gasteiger partial charge in [-0.3, -0.25) is 0 Å². The summed E-state index contributed by atoms with van der Waals surface area (Å²) in [4.78, 5) is 0. The second kappa shape index (κ2) is 34.9. The van der Waals surface area contributed by atoms with Gasteiger partial charge in [0.1, 0.15) is 0 Å². The van der Waals surface area contributed by atoms with Crippen LogP contribution in [0.1, 0.15) is 219 Å². The van der Waals surface area contributed by atoms with Crippen molar-refractivity contribution in [3.63, 3.8) is 0 Å². The molecular weight excluding hydrogens is 965 g/mol. The molecule has 436 valence electrons. The third-order valence-corrected chi connectivity index (χ3v) is 17.6. The van der Waals surface area contributed by atoms with Crippen LogP contribution in [0.2, 0.25) is 0 Å². The molecule has 0 radical (unpaired) electrons. The lowest BCUT2D eigenvalue weighted by molar-refractivity contribution is -0.204. The Labute approximate surface area is 459 Å². The second-order valence-corrected chi connectivity index (χ2v) is 23.7. The fourth-order valence-electron chi connectivity index (χ4n) is 13.2. The Kier molecular flexibility index (Phi) is 27.9. The zero-order valence-electron chi connectivity index (χ0n) is 47.5. The maximum absolute atomic E-state index is 12.1. The fourth-order valence-corrected chi connectivity index (χ4v) is 13.2. The lowest BCUT2D eigenvalue weighted by atomic mass is 9.86. The first kappa shape index (κ1) is 60.8. The van der Waals surface area contributed by atoms with E-state index in [2.05, 4.69) is 50.3 Å². The van der Waals surface area contributed by atoms with Crippen molar-refractivity contribution in [3.8, 4) is 0 Å². The van der Waals surface area contributed by atoms with Gasteiger partial charge in [0.25, 0.3) is 0 Å². The SMILES string of the molecule is CCCCC[C@@H](C=C[C@H]1[C@@H](CC=CCCC(O)C[C@@H]2[C@H](C=C[C@H](CCCCC)OC3CCCCO3)[C@H](OC3CCCCO3)C[C@H]2OC2CCCCO2)[C@H](OC2CCCCO2)C[C@H]1OC1CCCCO1)OC1CCCCO1. The maximum Gasteiger partial charge on any atom is 0.158 e. The number of hydrogen-bond donors (Lipinski definition) is 1. The molecule has 13 nitrogen and oxygen atoms in total. The molecule has 0 bridgehead atoms. The summed E-state index contributed by atoms with van der Waals surface area (Å²) in [6.07, 6.45) is 44.0. The van der Waals surface area contributed by atoms with Gasteiger partial charge in [0.2, 0.25) is 0 Å². The van der Waals surface area contributed by atoms with Crippen molar-refractivity contribution in [2.75, 3.05) is 39.6 Å². The molecule has 0 spiro atoms. The lowest BCUT2D eigenvalue weighted by Crippen LogP contribution is -2.33. The summed E-state index contributed by atoms with van der Waals surface area (Å²) in [5.41, 5.74) is 0. The average molecular weight is 1070 g/mol. The number of rotatable bonds is 31. The van der Waals surface area contributed by atoms with Gasteiger partial charge in [0, 0.05) is 64.3 Å². The summed E-state index contributed by atoms with van der Waals surface area (Å²) in [5, 5.41) is 12.1. The molecule has 1 N–H and O–H groups in total. The molecule has 13 heteroatoms. The van der Waals surface area contributed by atoms with E-state index < -0.39 is 6.10 Å². The minimum atomic E-state index is -0.520. The molecule has 8 fully saturated rings. The van der Waals surface area contributed by atoms with Crippen LogP contribution in [0.25, 0.3) is 0 Å². The van der Waals surface area contributed by atoms with Crippen LogP contribution in [0, 0.1) is 23.7 Å². The quantitative estimate of drug-likeness (QED) is 0.0522. The largest absolute Gasteiger partial charge is 0.393 e. The summed E-state index contributed by atoms with van der Waals surface area (Å²) in [6, 6.07) is 0. The van der Waals surface area contributed by atoms with E-state index in [4.69, 9.17) is 56.8 Å². The zero-order valence-corrected chi connectivity index (χ0v) is 47.5. The molecule has 6 saturated heterocycles. The highest BCUT2D eigenvalue weighted by Gasteiger charge is 2.47. The molecule has 0 aromatic rings. The number of hydrogen-bond acceptors (Lipinski definition) is 13. The summed E-state index contributed by atoms with van der Waals surface area (Å²) in [6.45, 7) is 8.99. The van der Waals surface area contributed by atoms with Crippen molar-refractivity contribution >= 4 is 0 Å². The molecule has 7 unspecified atom stereocenters. The van der Waals surface area contributed by atoms with Crippen LogP contribution >= 0.6 is 0 Å². The number of allylic oxidation sites excluding steroid dienone is 2. The smallest absolute Gasteiger partial charge is 0.158 e. The number of ether oxygens (including phenoxy) is 12. The van der Waals surface area contributed by atoms with E-state index in [0.29, 0.717) is 12.8 Å². The van der Waals surface area contributed by atoms with E-state index in [-0.39, 0.29) is 98.0 Å². The van der Waals surface area contributed by atoms with Crippen molar-refractivity contribution in [3.05, 3.63) is 36.5 Å². The molecule has 0 aromatic carbocycles. The second-order valence-electron chi connectivity index (χ2n) is 23.7. The summed E-state index contributed by atoms with van der Waals surface area (Å²) >= 11 is 0. The lowest BCUT2D eigenvalue weighted by Gasteiger charge is -2.32. The van der Waals surface area contributed by atoms with Gasteiger partial charge in [0.15, 0.2) is 37.7 Å². The molecule has 17 atom stereocenters. The van der Waals surface area contributed by atoms with Crippen LogP contribution in [0.15, 0.2) is 36.5 Å². The van der Waals surface area contributed by atoms with E-state index in [1.165, 1.54) is 19.3 Å². The van der Waals surface area contributed by atoms with Crippen LogP contribution < -0.4 is 0 Å². The maximum atomic E-state index is 12.1. The van der Waals surface area contributed by atoms with Gasteiger partial charge in [-0.15, -0.1) is 0 Å². The molecule has 6 heterocycles. The van der Waals surface area contributed by atoms with Crippen LogP contribution in [0.3, 0.4) is 0 Å². The fraction of sp³-hybridized carbons (Fsp3) is 0.905. The Morgan fingerprint density at radius 3 is 1.21 bits per heavy atom. The average Bonchev–Trinajstić information content (AvgIpc) is 3.93. The normalized spacial score (nSPS) is 36.4. The zero-order chi connectivity index (χ0) is 52.4. The third kappa shape index (κ3) is 20.6. The molecule has 76 heavy (non-hydrogen) atoms. The van der Waals surface area contributed by atoms with E-state index in [1.54, 1.807) is 0 Å². The van der Waals surface area contributed by atoms with Crippen LogP contribution in [0.5, 0.6) is 0 Å². The van der Waals surface area contributed by atoms with Crippen LogP contribution in [0.4, 0.5) is 0 Å². The van der Waals surface area contributed by atoms with Gasteiger partial charge in [-0.05, 0) is 166 Å². The highest BCUT2D eigenvalue weighted by molar-refractivity contribution is 5.09. The molecule has 6 aliphatic heterocycles. The standard InChI is InChI=1S/C63H106O13/c1-3-5-8-25-48(71-58-28-12-18-38-65-58)34-36-51-50(54(73-60-30-14-20-40-67-60)45-55(51)74-61-31-15-21-41-68-61)27-11-7-10-24-47(64)44-53-52(37-35-49(26-9-6-4-2)72-59-29-13-19-39-66-59)56(75-62-32-16-22-42-69-62)46-57(53)76-63-33-17-23-43-70-63/h7,11,34-37,47-64H,3-6,8-10,12-33,38-46H2,1-2H3/t47?,48-,49-,50+,51-,52-,53+,54+,55+,56+,57+,58?,59?,60?,61?,62?,63?/m0/s1. The van der Waals surface area contributed by atoms with E-state index >= 15 is 0 Å². The van der Waals surface area contributed by atoms with Gasteiger partial charge < -0.3 is 61.9 Å². The molecule has 0 amide bonds. The summed E-state index contributed by atoms with van der Waals surface area (Å²) < 4.78 is 78.2. The van der Waals surface area contributed by atoms with Crippen LogP contribution in [-0.4, -0.2) is 125 Å². The molecular formula is C63H106O13. The Balaban J connectivity index is 0.973. The van der Waals surface area contributed by atoms with E-state index in [0.717, 1.165) is 213 Å².